The predicted molar refractivity (Wildman–Crippen MR) is 44.7 cm³/mol. The number of sulfonamides is 1. The van der Waals surface area contributed by atoms with Crippen LogP contribution in [0.25, 0.3) is 0 Å². The fraction of sp³-hybridized carbons (Fsp3) is 1.00. The first-order valence-corrected chi connectivity index (χ1v) is 5.45. The zero-order valence-corrected chi connectivity index (χ0v) is 7.88. The van der Waals surface area contributed by atoms with Crippen LogP contribution in [-0.4, -0.2) is 38.9 Å². The van der Waals surface area contributed by atoms with Crippen LogP contribution < -0.4 is 5.14 Å². The number of hydrogen-bond donors (Lipinski definition) is 1. The summed E-state index contributed by atoms with van der Waals surface area (Å²) >= 11 is 0. The van der Waals surface area contributed by atoms with Crippen molar-refractivity contribution in [1.29, 1.82) is 0 Å². The van der Waals surface area contributed by atoms with Gasteiger partial charge in [-0.25, -0.2) is 13.6 Å². The summed E-state index contributed by atoms with van der Waals surface area (Å²) in [6.45, 7) is 1.16. The van der Waals surface area contributed by atoms with E-state index in [1.165, 1.54) is 7.11 Å². The van der Waals surface area contributed by atoms with Crippen LogP contribution in [-0.2, 0) is 14.9 Å². The van der Waals surface area contributed by atoms with Crippen molar-refractivity contribution in [3.8, 4) is 0 Å². The smallest absolute Gasteiger partial charge is 0.213 e. The summed E-state index contributed by atoms with van der Waals surface area (Å²) in [5.74, 6) is 0. The maximum atomic E-state index is 10.9. The van der Waals surface area contributed by atoms with Crippen LogP contribution in [0.1, 0.15) is 12.8 Å². The normalized spacial score (nSPS) is 27.3. The van der Waals surface area contributed by atoms with Crippen molar-refractivity contribution < 1.29 is 13.3 Å². The highest BCUT2D eigenvalue weighted by atomic mass is 32.2. The van der Waals surface area contributed by atoms with E-state index < -0.39 is 15.3 Å². The van der Waals surface area contributed by atoms with Gasteiger partial charge >= 0.3 is 0 Å². The van der Waals surface area contributed by atoms with Crippen molar-refractivity contribution in [2.75, 3.05) is 20.2 Å². The van der Waals surface area contributed by atoms with E-state index in [0.29, 0.717) is 13.0 Å². The van der Waals surface area contributed by atoms with Crippen molar-refractivity contribution in [2.45, 2.75) is 18.1 Å². The van der Waals surface area contributed by atoms with Crippen LogP contribution in [0.3, 0.4) is 0 Å². The molecule has 1 saturated heterocycles. The molecule has 0 saturated carbocycles. The highest BCUT2D eigenvalue weighted by Crippen LogP contribution is 2.14. The standard InChI is InChI=1S/C6H14N2O3S/c1-11-8-4-2-3-6(5-8)12(7,9)10/h6H,2-5H2,1H3,(H2,7,9,10). The second-order valence-corrected chi connectivity index (χ2v) is 4.77. The fourth-order valence-corrected chi connectivity index (χ4v) is 2.21. The molecule has 0 aromatic heterocycles. The van der Waals surface area contributed by atoms with Crippen LogP contribution in [0.2, 0.25) is 0 Å². The average Bonchev–Trinajstić information content (AvgIpc) is 2.03. The summed E-state index contributed by atoms with van der Waals surface area (Å²) in [6.07, 6.45) is 1.45. The molecule has 0 aromatic rings. The third-order valence-electron chi connectivity index (χ3n) is 2.06. The second-order valence-electron chi connectivity index (χ2n) is 2.92. The van der Waals surface area contributed by atoms with Gasteiger partial charge in [0.15, 0.2) is 0 Å². The molecule has 0 spiro atoms. The molecule has 1 aliphatic heterocycles. The van der Waals surface area contributed by atoms with E-state index in [2.05, 4.69) is 0 Å². The molecule has 0 radical (unpaired) electrons. The lowest BCUT2D eigenvalue weighted by Gasteiger charge is -2.29. The lowest BCUT2D eigenvalue weighted by molar-refractivity contribution is -0.140. The van der Waals surface area contributed by atoms with Gasteiger partial charge in [0.25, 0.3) is 0 Å². The van der Waals surface area contributed by atoms with Crippen molar-refractivity contribution >= 4 is 10.0 Å². The maximum Gasteiger partial charge on any atom is 0.213 e. The summed E-state index contributed by atoms with van der Waals surface area (Å²) in [5.41, 5.74) is 0. The molecule has 0 amide bonds. The number of nitrogens with two attached hydrogens (primary N) is 1. The van der Waals surface area contributed by atoms with E-state index >= 15 is 0 Å². The average molecular weight is 194 g/mol. The highest BCUT2D eigenvalue weighted by molar-refractivity contribution is 7.89. The molecule has 0 aromatic carbocycles. The summed E-state index contributed by atoms with van der Waals surface area (Å²) in [4.78, 5) is 4.93. The Kier molecular flexibility index (Phi) is 3.05. The Labute approximate surface area is 72.5 Å². The molecule has 1 unspecified atom stereocenters. The quantitative estimate of drug-likeness (QED) is 0.631. The number of piperidine rings is 1. The highest BCUT2D eigenvalue weighted by Gasteiger charge is 2.27. The molecule has 0 aliphatic carbocycles. The van der Waals surface area contributed by atoms with Gasteiger partial charge in [0, 0.05) is 13.1 Å². The topological polar surface area (TPSA) is 72.6 Å². The first kappa shape index (κ1) is 9.91. The molecule has 1 rings (SSSR count). The van der Waals surface area contributed by atoms with Crippen LogP contribution in [0.5, 0.6) is 0 Å². The summed E-state index contributed by atoms with van der Waals surface area (Å²) in [6, 6.07) is 0. The minimum Gasteiger partial charge on any atom is -0.302 e. The van der Waals surface area contributed by atoms with E-state index in [1.54, 1.807) is 5.06 Å². The molecule has 1 fully saturated rings. The Balaban J connectivity index is 2.58. The second kappa shape index (κ2) is 3.69. The predicted octanol–water partition coefficient (Wildman–Crippen LogP) is -0.699. The van der Waals surface area contributed by atoms with Gasteiger partial charge in [-0.2, -0.15) is 5.06 Å². The van der Waals surface area contributed by atoms with Gasteiger partial charge in [-0.05, 0) is 12.8 Å². The number of rotatable bonds is 2. The summed E-state index contributed by atoms with van der Waals surface area (Å²) < 4.78 is 21.9. The number of primary sulfonamides is 1. The van der Waals surface area contributed by atoms with Crippen LogP contribution in [0.4, 0.5) is 0 Å². The van der Waals surface area contributed by atoms with Gasteiger partial charge in [-0.3, -0.25) is 0 Å². The number of hydrogen-bond acceptors (Lipinski definition) is 4. The zero-order valence-electron chi connectivity index (χ0n) is 7.06. The molecule has 2 N–H and O–H groups in total. The Bertz CT molecular complexity index is 239. The van der Waals surface area contributed by atoms with Gasteiger partial charge in [0.1, 0.15) is 0 Å². The number of nitrogens with zero attached hydrogens (tertiary/aromatic N) is 1. The van der Waals surface area contributed by atoms with E-state index in [-0.39, 0.29) is 0 Å². The van der Waals surface area contributed by atoms with Gasteiger partial charge < -0.3 is 4.84 Å². The van der Waals surface area contributed by atoms with Crippen molar-refractivity contribution in [1.82, 2.24) is 5.06 Å². The van der Waals surface area contributed by atoms with Crippen molar-refractivity contribution in [2.24, 2.45) is 5.14 Å². The van der Waals surface area contributed by atoms with Crippen molar-refractivity contribution in [3.05, 3.63) is 0 Å². The van der Waals surface area contributed by atoms with Crippen LogP contribution in [0.15, 0.2) is 0 Å². The Hall–Kier alpha value is -0.170. The molecular weight excluding hydrogens is 180 g/mol. The van der Waals surface area contributed by atoms with Gasteiger partial charge in [0.05, 0.1) is 12.4 Å². The monoisotopic (exact) mass is 194 g/mol. The van der Waals surface area contributed by atoms with E-state index in [0.717, 1.165) is 13.0 Å². The Morgan fingerprint density at radius 3 is 2.75 bits per heavy atom. The Morgan fingerprint density at radius 1 is 1.58 bits per heavy atom. The molecule has 1 heterocycles. The molecular formula is C6H14N2O3S. The van der Waals surface area contributed by atoms with E-state index in [1.807, 2.05) is 0 Å². The molecule has 1 atom stereocenters. The maximum absolute atomic E-state index is 10.9. The third kappa shape index (κ3) is 2.41. The lowest BCUT2D eigenvalue weighted by atomic mass is 10.2. The molecule has 12 heavy (non-hydrogen) atoms. The molecule has 0 bridgehead atoms. The van der Waals surface area contributed by atoms with Crippen molar-refractivity contribution in [3.63, 3.8) is 0 Å². The summed E-state index contributed by atoms with van der Waals surface area (Å²) in [7, 11) is -1.86. The minimum atomic E-state index is -3.39. The third-order valence-corrected chi connectivity index (χ3v) is 3.38. The molecule has 1 aliphatic rings. The number of hydroxylamine groups is 2. The first-order chi connectivity index (χ1) is 5.54. The van der Waals surface area contributed by atoms with Crippen LogP contribution >= 0.6 is 0 Å². The zero-order chi connectivity index (χ0) is 9.19. The van der Waals surface area contributed by atoms with E-state index in [4.69, 9.17) is 9.98 Å². The largest absolute Gasteiger partial charge is 0.302 e. The lowest BCUT2D eigenvalue weighted by Crippen LogP contribution is -2.43. The molecule has 72 valence electrons. The van der Waals surface area contributed by atoms with Gasteiger partial charge in [-0.15, -0.1) is 0 Å². The SMILES string of the molecule is CON1CCCC(S(N)(=O)=O)C1. The fourth-order valence-electron chi connectivity index (χ4n) is 1.34. The molecule has 6 heteroatoms. The van der Waals surface area contributed by atoms with Gasteiger partial charge in [0.2, 0.25) is 10.0 Å². The molecule has 5 nitrogen and oxygen atoms in total. The minimum absolute atomic E-state index is 0.384. The van der Waals surface area contributed by atoms with Crippen LogP contribution in [0, 0.1) is 0 Å². The van der Waals surface area contributed by atoms with Gasteiger partial charge in [-0.1, -0.05) is 0 Å². The summed E-state index contributed by atoms with van der Waals surface area (Å²) in [5, 5.41) is 6.17. The van der Waals surface area contributed by atoms with E-state index in [9.17, 15) is 8.42 Å². The Morgan fingerprint density at radius 2 is 2.25 bits per heavy atom. The first-order valence-electron chi connectivity index (χ1n) is 3.84.